The van der Waals surface area contributed by atoms with Crippen LogP contribution in [0.2, 0.25) is 0 Å². The number of hydrogen-bond acceptors (Lipinski definition) is 6. The van der Waals surface area contributed by atoms with Gasteiger partial charge in [0.25, 0.3) is 5.91 Å². The van der Waals surface area contributed by atoms with Crippen LogP contribution in [0.15, 0.2) is 76.3 Å². The maximum Gasteiger partial charge on any atom is 0.344 e. The van der Waals surface area contributed by atoms with Gasteiger partial charge in [0.1, 0.15) is 5.75 Å². The SMILES string of the molecule is COc1cc(/C=N\NC(=O)COc2ccc(C(C)(C)CC(C)(C)C)cc2)ccc1OC(=O)c1ccccc1Br. The van der Waals surface area contributed by atoms with E-state index in [-0.39, 0.29) is 23.2 Å². The lowest BCUT2D eigenvalue weighted by molar-refractivity contribution is -0.123. The van der Waals surface area contributed by atoms with E-state index in [1.807, 2.05) is 30.3 Å². The van der Waals surface area contributed by atoms with Crippen molar-refractivity contribution in [3.05, 3.63) is 87.9 Å². The average molecular weight is 596 g/mol. The van der Waals surface area contributed by atoms with Crippen LogP contribution >= 0.6 is 15.9 Å². The highest BCUT2D eigenvalue weighted by atomic mass is 79.9. The van der Waals surface area contributed by atoms with Gasteiger partial charge in [-0.05, 0) is 86.8 Å². The number of benzene rings is 3. The van der Waals surface area contributed by atoms with Gasteiger partial charge in [0, 0.05) is 4.47 Å². The molecule has 39 heavy (non-hydrogen) atoms. The largest absolute Gasteiger partial charge is 0.493 e. The Morgan fingerprint density at radius 1 is 0.949 bits per heavy atom. The summed E-state index contributed by atoms with van der Waals surface area (Å²) in [6.45, 7) is 11.0. The molecule has 0 atom stereocenters. The van der Waals surface area contributed by atoms with Crippen molar-refractivity contribution in [2.45, 2.75) is 46.5 Å². The Labute approximate surface area is 238 Å². The fraction of sp³-hybridized carbons (Fsp3) is 0.323. The Morgan fingerprint density at radius 3 is 2.28 bits per heavy atom. The zero-order valence-electron chi connectivity index (χ0n) is 23.2. The molecule has 0 unspecified atom stereocenters. The van der Waals surface area contributed by atoms with Gasteiger partial charge < -0.3 is 14.2 Å². The fourth-order valence-corrected chi connectivity index (χ4v) is 4.87. The lowest BCUT2D eigenvalue weighted by Crippen LogP contribution is -2.25. The molecule has 0 aromatic heterocycles. The Morgan fingerprint density at radius 2 is 1.64 bits per heavy atom. The van der Waals surface area contributed by atoms with Crippen LogP contribution in [0.1, 0.15) is 62.5 Å². The molecular weight excluding hydrogens is 560 g/mol. The first-order valence-electron chi connectivity index (χ1n) is 12.6. The van der Waals surface area contributed by atoms with Crippen molar-refractivity contribution < 1.29 is 23.8 Å². The molecule has 0 saturated carbocycles. The number of methoxy groups -OCH3 is 1. The molecule has 0 spiro atoms. The van der Waals surface area contributed by atoms with Gasteiger partial charge in [-0.15, -0.1) is 0 Å². The minimum absolute atomic E-state index is 0.0322. The quantitative estimate of drug-likeness (QED) is 0.119. The summed E-state index contributed by atoms with van der Waals surface area (Å²) in [4.78, 5) is 24.7. The molecule has 3 aromatic carbocycles. The van der Waals surface area contributed by atoms with Crippen molar-refractivity contribution in [2.24, 2.45) is 10.5 Å². The zero-order chi connectivity index (χ0) is 28.6. The van der Waals surface area contributed by atoms with Gasteiger partial charge in [0.2, 0.25) is 0 Å². The molecule has 1 amide bonds. The van der Waals surface area contributed by atoms with Gasteiger partial charge in [-0.2, -0.15) is 5.10 Å². The highest BCUT2D eigenvalue weighted by Gasteiger charge is 2.27. The van der Waals surface area contributed by atoms with Crippen molar-refractivity contribution in [1.82, 2.24) is 5.43 Å². The number of carbonyl (C=O) groups is 2. The van der Waals surface area contributed by atoms with Gasteiger partial charge in [0.15, 0.2) is 18.1 Å². The molecule has 3 aromatic rings. The summed E-state index contributed by atoms with van der Waals surface area (Å²) in [7, 11) is 1.48. The van der Waals surface area contributed by atoms with E-state index in [0.717, 1.165) is 6.42 Å². The summed E-state index contributed by atoms with van der Waals surface area (Å²) in [6, 6.07) is 19.8. The van der Waals surface area contributed by atoms with Gasteiger partial charge >= 0.3 is 5.97 Å². The van der Waals surface area contributed by atoms with Crippen molar-refractivity contribution in [2.75, 3.05) is 13.7 Å². The predicted molar refractivity (Wildman–Crippen MR) is 157 cm³/mol. The minimum Gasteiger partial charge on any atom is -0.493 e. The van der Waals surface area contributed by atoms with Crippen molar-refractivity contribution in [1.29, 1.82) is 0 Å². The van der Waals surface area contributed by atoms with Crippen LogP contribution in [-0.4, -0.2) is 31.8 Å². The van der Waals surface area contributed by atoms with Crippen LogP contribution in [0.5, 0.6) is 17.2 Å². The first kappa shape index (κ1) is 29.9. The number of hydrogen-bond donors (Lipinski definition) is 1. The maximum absolute atomic E-state index is 12.5. The number of hydrazone groups is 1. The second-order valence-electron chi connectivity index (χ2n) is 11.0. The van der Waals surface area contributed by atoms with Crippen LogP contribution < -0.4 is 19.6 Å². The van der Waals surface area contributed by atoms with E-state index < -0.39 is 11.9 Å². The molecule has 0 radical (unpaired) electrons. The van der Waals surface area contributed by atoms with Crippen molar-refractivity contribution in [3.63, 3.8) is 0 Å². The number of nitrogens with one attached hydrogen (secondary N) is 1. The molecule has 1 N–H and O–H groups in total. The van der Waals surface area contributed by atoms with E-state index in [9.17, 15) is 9.59 Å². The van der Waals surface area contributed by atoms with Crippen LogP contribution in [0, 0.1) is 5.41 Å². The summed E-state index contributed by atoms with van der Waals surface area (Å²) in [5.74, 6) is 0.317. The third-order valence-corrected chi connectivity index (χ3v) is 6.56. The van der Waals surface area contributed by atoms with Crippen LogP contribution in [0.25, 0.3) is 0 Å². The molecule has 0 aliphatic carbocycles. The standard InChI is InChI=1S/C31H35BrN2O5/c1-30(2,3)20-31(4,5)22-12-14-23(15-13-22)38-19-28(35)34-33-18-21-11-16-26(27(17-21)37-6)39-29(36)24-9-7-8-10-25(24)32/h7-18H,19-20H2,1-6H3,(H,34,35)/b33-18-. The highest BCUT2D eigenvalue weighted by Crippen LogP contribution is 2.36. The Bertz CT molecular complexity index is 1330. The number of carbonyl (C=O) groups excluding carboxylic acids is 2. The van der Waals surface area contributed by atoms with E-state index in [0.29, 0.717) is 27.1 Å². The number of ether oxygens (including phenoxy) is 3. The normalized spacial score (nSPS) is 11.8. The minimum atomic E-state index is -0.516. The fourth-order valence-electron chi connectivity index (χ4n) is 4.42. The molecule has 7 nitrogen and oxygen atoms in total. The highest BCUT2D eigenvalue weighted by molar-refractivity contribution is 9.10. The van der Waals surface area contributed by atoms with Crippen LogP contribution in [0.3, 0.4) is 0 Å². The smallest absolute Gasteiger partial charge is 0.344 e. The number of rotatable bonds is 10. The Kier molecular flexibility index (Phi) is 9.92. The Hall–Kier alpha value is -3.65. The van der Waals surface area contributed by atoms with Gasteiger partial charge in [-0.3, -0.25) is 4.79 Å². The van der Waals surface area contributed by atoms with Crippen molar-refractivity contribution in [3.8, 4) is 17.2 Å². The number of nitrogens with zero attached hydrogens (tertiary/aromatic N) is 1. The van der Waals surface area contributed by atoms with Gasteiger partial charge in [0.05, 0.1) is 18.9 Å². The third-order valence-electron chi connectivity index (χ3n) is 5.86. The summed E-state index contributed by atoms with van der Waals surface area (Å²) in [5, 5.41) is 3.99. The lowest BCUT2D eigenvalue weighted by Gasteiger charge is -2.33. The van der Waals surface area contributed by atoms with E-state index >= 15 is 0 Å². The Balaban J connectivity index is 1.53. The first-order chi connectivity index (χ1) is 18.4. The summed E-state index contributed by atoms with van der Waals surface area (Å²) in [5.41, 5.74) is 4.97. The molecule has 0 bridgehead atoms. The molecule has 0 heterocycles. The average Bonchev–Trinajstić information content (AvgIpc) is 2.87. The summed E-state index contributed by atoms with van der Waals surface area (Å²) < 4.78 is 17.1. The first-order valence-corrected chi connectivity index (χ1v) is 13.4. The van der Waals surface area contributed by atoms with Crippen LogP contribution in [0.4, 0.5) is 0 Å². The van der Waals surface area contributed by atoms with Crippen LogP contribution in [-0.2, 0) is 10.2 Å². The molecule has 3 rings (SSSR count). The third kappa shape index (κ3) is 8.96. The lowest BCUT2D eigenvalue weighted by atomic mass is 9.72. The molecule has 0 fully saturated rings. The predicted octanol–water partition coefficient (Wildman–Crippen LogP) is 6.92. The molecule has 0 aliphatic heterocycles. The number of esters is 1. The molecule has 0 aliphatic rings. The summed E-state index contributed by atoms with van der Waals surface area (Å²) in [6.07, 6.45) is 2.51. The molecular formula is C31H35BrN2O5. The van der Waals surface area contributed by atoms with E-state index in [4.69, 9.17) is 14.2 Å². The van der Waals surface area contributed by atoms with E-state index in [1.54, 1.807) is 36.4 Å². The molecule has 206 valence electrons. The number of halogens is 1. The maximum atomic E-state index is 12.5. The number of amides is 1. The van der Waals surface area contributed by atoms with E-state index in [1.165, 1.54) is 18.9 Å². The summed E-state index contributed by atoms with van der Waals surface area (Å²) >= 11 is 3.35. The molecule has 8 heteroatoms. The van der Waals surface area contributed by atoms with Crippen molar-refractivity contribution >= 4 is 34.0 Å². The van der Waals surface area contributed by atoms with Gasteiger partial charge in [-0.25, -0.2) is 10.2 Å². The second-order valence-corrected chi connectivity index (χ2v) is 11.9. The second kappa shape index (κ2) is 12.9. The van der Waals surface area contributed by atoms with E-state index in [2.05, 4.69) is 61.1 Å². The van der Waals surface area contributed by atoms with Gasteiger partial charge in [-0.1, -0.05) is 58.9 Å². The zero-order valence-corrected chi connectivity index (χ0v) is 24.8. The topological polar surface area (TPSA) is 86.2 Å². The molecule has 0 saturated heterocycles. The monoisotopic (exact) mass is 594 g/mol.